The first-order chi connectivity index (χ1) is 13.3. The summed E-state index contributed by atoms with van der Waals surface area (Å²) in [6.07, 6.45) is -0.271. The number of aliphatic carboxylic acids is 1. The lowest BCUT2D eigenvalue weighted by molar-refractivity contribution is -0.142. The summed E-state index contributed by atoms with van der Waals surface area (Å²) < 4.78 is 40.5. The van der Waals surface area contributed by atoms with Crippen molar-refractivity contribution in [3.8, 4) is 10.6 Å². The van der Waals surface area contributed by atoms with E-state index in [4.69, 9.17) is 0 Å². The lowest BCUT2D eigenvalue weighted by Crippen LogP contribution is -2.35. The summed E-state index contributed by atoms with van der Waals surface area (Å²) in [5.74, 6) is -4.45. The summed E-state index contributed by atoms with van der Waals surface area (Å²) in [6.45, 7) is 0. The van der Waals surface area contributed by atoms with Crippen molar-refractivity contribution in [1.29, 1.82) is 0 Å². The van der Waals surface area contributed by atoms with Crippen LogP contribution >= 0.6 is 11.3 Å². The SMILES string of the molecule is O=C(Cc1csc(-c2cccc(F)c2)n1)NC(C(=O)O)c1cc(F)ccc1F. The van der Waals surface area contributed by atoms with E-state index in [0.29, 0.717) is 16.3 Å². The van der Waals surface area contributed by atoms with Gasteiger partial charge in [-0.25, -0.2) is 22.9 Å². The number of amides is 1. The zero-order chi connectivity index (χ0) is 20.3. The number of thiazole rings is 1. The fraction of sp³-hybridized carbons (Fsp3) is 0.105. The molecule has 0 bridgehead atoms. The number of rotatable bonds is 6. The molecule has 0 aliphatic rings. The molecule has 1 heterocycles. The van der Waals surface area contributed by atoms with E-state index in [1.54, 1.807) is 11.4 Å². The third-order valence-electron chi connectivity index (χ3n) is 3.79. The van der Waals surface area contributed by atoms with Crippen molar-refractivity contribution < 1.29 is 27.9 Å². The molecule has 1 aromatic heterocycles. The number of carbonyl (C=O) groups excluding carboxylic acids is 1. The van der Waals surface area contributed by atoms with Crippen molar-refractivity contribution in [3.63, 3.8) is 0 Å². The van der Waals surface area contributed by atoms with Gasteiger partial charge in [0, 0.05) is 16.5 Å². The van der Waals surface area contributed by atoms with E-state index in [0.717, 1.165) is 18.2 Å². The third-order valence-corrected chi connectivity index (χ3v) is 4.73. The van der Waals surface area contributed by atoms with Crippen molar-refractivity contribution >= 4 is 23.2 Å². The number of carboxylic acid groups (broad SMARTS) is 1. The van der Waals surface area contributed by atoms with E-state index in [2.05, 4.69) is 10.3 Å². The molecule has 0 aliphatic carbocycles. The second-order valence-corrected chi connectivity index (χ2v) is 6.69. The second kappa shape index (κ2) is 8.22. The number of benzene rings is 2. The van der Waals surface area contributed by atoms with Gasteiger partial charge in [0.2, 0.25) is 5.91 Å². The van der Waals surface area contributed by atoms with Gasteiger partial charge in [0.05, 0.1) is 12.1 Å². The molecule has 5 nitrogen and oxygen atoms in total. The minimum absolute atomic E-state index is 0.271. The Morgan fingerprint density at radius 3 is 2.57 bits per heavy atom. The zero-order valence-electron chi connectivity index (χ0n) is 14.2. The number of hydrogen-bond donors (Lipinski definition) is 2. The second-order valence-electron chi connectivity index (χ2n) is 5.84. The number of nitrogens with one attached hydrogen (secondary N) is 1. The Balaban J connectivity index is 1.74. The zero-order valence-corrected chi connectivity index (χ0v) is 15.0. The Morgan fingerprint density at radius 1 is 1.11 bits per heavy atom. The van der Waals surface area contributed by atoms with Gasteiger partial charge in [-0.1, -0.05) is 12.1 Å². The van der Waals surface area contributed by atoms with E-state index in [1.807, 2.05) is 0 Å². The molecule has 28 heavy (non-hydrogen) atoms. The number of nitrogens with zero attached hydrogens (tertiary/aromatic N) is 1. The molecule has 144 valence electrons. The van der Waals surface area contributed by atoms with Gasteiger partial charge in [-0.15, -0.1) is 11.3 Å². The predicted molar refractivity (Wildman–Crippen MR) is 96.1 cm³/mol. The predicted octanol–water partition coefficient (Wildman–Crippen LogP) is 3.71. The fourth-order valence-corrected chi connectivity index (χ4v) is 3.34. The maximum atomic E-state index is 13.9. The van der Waals surface area contributed by atoms with Crippen LogP contribution in [0.3, 0.4) is 0 Å². The highest BCUT2D eigenvalue weighted by molar-refractivity contribution is 7.13. The standard InChI is InChI=1S/C19H13F3N2O3S/c20-11-3-1-2-10(6-11)18-23-13(9-28-18)8-16(25)24-17(19(26)27)14-7-12(21)4-5-15(14)22/h1-7,9,17H,8H2,(H,24,25)(H,26,27). The van der Waals surface area contributed by atoms with Crippen LogP contribution in [0.2, 0.25) is 0 Å². The minimum Gasteiger partial charge on any atom is -0.479 e. The maximum Gasteiger partial charge on any atom is 0.331 e. The first kappa shape index (κ1) is 19.6. The van der Waals surface area contributed by atoms with Gasteiger partial charge in [-0.2, -0.15) is 0 Å². The summed E-state index contributed by atoms with van der Waals surface area (Å²) in [7, 11) is 0. The van der Waals surface area contributed by atoms with Crippen molar-refractivity contribution in [2.24, 2.45) is 0 Å². The average molecular weight is 406 g/mol. The molecule has 0 saturated carbocycles. The molecule has 2 aromatic carbocycles. The highest BCUT2D eigenvalue weighted by Crippen LogP contribution is 2.25. The normalized spacial score (nSPS) is 11.8. The quantitative estimate of drug-likeness (QED) is 0.654. The molecule has 0 radical (unpaired) electrons. The molecule has 0 saturated heterocycles. The van der Waals surface area contributed by atoms with Crippen LogP contribution in [0.25, 0.3) is 10.6 Å². The number of aromatic nitrogens is 1. The summed E-state index contributed by atoms with van der Waals surface area (Å²) in [5, 5.41) is 13.5. The van der Waals surface area contributed by atoms with Gasteiger partial charge in [0.15, 0.2) is 6.04 Å². The number of carboxylic acids is 1. The number of halogens is 3. The van der Waals surface area contributed by atoms with Crippen LogP contribution in [0, 0.1) is 17.5 Å². The van der Waals surface area contributed by atoms with Gasteiger partial charge in [-0.3, -0.25) is 4.79 Å². The van der Waals surface area contributed by atoms with Crippen LogP contribution in [-0.2, 0) is 16.0 Å². The van der Waals surface area contributed by atoms with Crippen LogP contribution in [0.1, 0.15) is 17.3 Å². The summed E-state index contributed by atoms with van der Waals surface area (Å²) in [4.78, 5) is 27.9. The van der Waals surface area contributed by atoms with Crippen molar-refractivity contribution in [3.05, 3.63) is 76.6 Å². The van der Waals surface area contributed by atoms with Crippen LogP contribution in [-0.4, -0.2) is 22.0 Å². The molecule has 0 spiro atoms. The Labute approximate surface area is 161 Å². The van der Waals surface area contributed by atoms with Crippen LogP contribution in [0.15, 0.2) is 47.8 Å². The van der Waals surface area contributed by atoms with Crippen molar-refractivity contribution in [1.82, 2.24) is 10.3 Å². The molecule has 1 amide bonds. The molecule has 9 heteroatoms. The topological polar surface area (TPSA) is 79.3 Å². The van der Waals surface area contributed by atoms with Gasteiger partial charge in [0.25, 0.3) is 0 Å². The molecule has 3 aromatic rings. The highest BCUT2D eigenvalue weighted by Gasteiger charge is 2.26. The fourth-order valence-electron chi connectivity index (χ4n) is 2.53. The van der Waals surface area contributed by atoms with E-state index in [1.165, 1.54) is 29.5 Å². The Hall–Kier alpha value is -3.20. The Bertz CT molecular complexity index is 1040. The smallest absolute Gasteiger partial charge is 0.331 e. The van der Waals surface area contributed by atoms with Crippen LogP contribution < -0.4 is 5.32 Å². The van der Waals surface area contributed by atoms with Crippen LogP contribution in [0.5, 0.6) is 0 Å². The third kappa shape index (κ3) is 4.55. The van der Waals surface area contributed by atoms with E-state index in [-0.39, 0.29) is 6.42 Å². The van der Waals surface area contributed by atoms with Crippen molar-refractivity contribution in [2.75, 3.05) is 0 Å². The highest BCUT2D eigenvalue weighted by atomic mass is 32.1. The van der Waals surface area contributed by atoms with Gasteiger partial charge in [-0.05, 0) is 30.3 Å². The summed E-state index contributed by atoms with van der Waals surface area (Å²) >= 11 is 1.20. The maximum absolute atomic E-state index is 13.9. The minimum atomic E-state index is -1.75. The van der Waals surface area contributed by atoms with Crippen LogP contribution in [0.4, 0.5) is 13.2 Å². The first-order valence-electron chi connectivity index (χ1n) is 8.01. The Morgan fingerprint density at radius 2 is 1.86 bits per heavy atom. The van der Waals surface area contributed by atoms with Gasteiger partial charge < -0.3 is 10.4 Å². The van der Waals surface area contributed by atoms with Gasteiger partial charge >= 0.3 is 5.97 Å². The van der Waals surface area contributed by atoms with E-state index >= 15 is 0 Å². The lowest BCUT2D eigenvalue weighted by Gasteiger charge is -2.15. The van der Waals surface area contributed by atoms with E-state index < -0.39 is 40.9 Å². The molecule has 0 fully saturated rings. The summed E-state index contributed by atoms with van der Waals surface area (Å²) in [5.41, 5.74) is 0.395. The Kier molecular flexibility index (Phi) is 5.74. The molecule has 3 rings (SSSR count). The monoisotopic (exact) mass is 406 g/mol. The molecule has 2 N–H and O–H groups in total. The molecular weight excluding hydrogens is 393 g/mol. The molecule has 0 aliphatic heterocycles. The lowest BCUT2D eigenvalue weighted by atomic mass is 10.1. The largest absolute Gasteiger partial charge is 0.479 e. The average Bonchev–Trinajstić information content (AvgIpc) is 3.10. The molecule has 1 atom stereocenters. The summed E-state index contributed by atoms with van der Waals surface area (Å²) in [6, 6.07) is 6.41. The van der Waals surface area contributed by atoms with E-state index in [9.17, 15) is 27.9 Å². The van der Waals surface area contributed by atoms with Gasteiger partial charge in [0.1, 0.15) is 22.5 Å². The van der Waals surface area contributed by atoms with Crippen molar-refractivity contribution in [2.45, 2.75) is 12.5 Å². The number of hydrogen-bond acceptors (Lipinski definition) is 4. The first-order valence-corrected chi connectivity index (χ1v) is 8.89. The number of carbonyl (C=O) groups is 2. The molecular formula is C19H13F3N2O3S. The molecule has 1 unspecified atom stereocenters.